The van der Waals surface area contributed by atoms with Gasteiger partial charge in [-0.3, -0.25) is 4.79 Å². The van der Waals surface area contributed by atoms with Crippen LogP contribution in [-0.2, 0) is 10.4 Å². The quantitative estimate of drug-likeness (QED) is 0.615. The Balaban J connectivity index is 1.42. The number of rotatable bonds is 6. The molecule has 4 heteroatoms. The van der Waals surface area contributed by atoms with Crippen LogP contribution in [0.25, 0.3) is 0 Å². The predicted molar refractivity (Wildman–Crippen MR) is 134 cm³/mol. The summed E-state index contributed by atoms with van der Waals surface area (Å²) in [6.45, 7) is 7.06. The zero-order chi connectivity index (χ0) is 23.7. The van der Waals surface area contributed by atoms with Crippen molar-refractivity contribution in [3.8, 4) is 0 Å². The first kappa shape index (κ1) is 24.2. The van der Waals surface area contributed by atoms with E-state index >= 15 is 0 Å². The van der Waals surface area contributed by atoms with Crippen molar-refractivity contribution in [2.75, 3.05) is 33.7 Å². The molecule has 3 aliphatic rings. The third-order valence-electron chi connectivity index (χ3n) is 8.46. The summed E-state index contributed by atoms with van der Waals surface area (Å²) in [5.74, 6) is -0.0591. The van der Waals surface area contributed by atoms with Crippen molar-refractivity contribution in [2.45, 2.75) is 70.4 Å². The van der Waals surface area contributed by atoms with E-state index in [0.717, 1.165) is 74.6 Å². The van der Waals surface area contributed by atoms with Gasteiger partial charge in [0.25, 0.3) is 5.91 Å². The molecule has 4 rings (SSSR count). The highest BCUT2D eigenvalue weighted by atomic mass is 16.3. The third-order valence-corrected chi connectivity index (χ3v) is 8.46. The van der Waals surface area contributed by atoms with Gasteiger partial charge in [0.15, 0.2) is 5.60 Å². The Bertz CT molecular complexity index is 887. The Hall–Kier alpha value is -1.91. The molecule has 1 saturated heterocycles. The highest BCUT2D eigenvalue weighted by Gasteiger charge is 2.49. The van der Waals surface area contributed by atoms with Gasteiger partial charge < -0.3 is 14.5 Å². The summed E-state index contributed by atoms with van der Waals surface area (Å²) in [5, 5.41) is 11.9. The largest absolute Gasteiger partial charge is 0.375 e. The molecule has 1 aromatic carbocycles. The molecule has 4 nitrogen and oxygen atoms in total. The van der Waals surface area contributed by atoms with Gasteiger partial charge in [-0.25, -0.2) is 0 Å². The van der Waals surface area contributed by atoms with Crippen LogP contribution in [-0.4, -0.2) is 60.2 Å². The number of carbonyl (C=O) groups is 1. The van der Waals surface area contributed by atoms with Crippen molar-refractivity contribution in [3.63, 3.8) is 0 Å². The lowest BCUT2D eigenvalue weighted by molar-refractivity contribution is -0.911. The van der Waals surface area contributed by atoms with Gasteiger partial charge in [-0.15, -0.1) is 0 Å². The number of quaternary nitrogens is 1. The second-order valence-electron chi connectivity index (χ2n) is 11.9. The normalized spacial score (nSPS) is 23.9. The van der Waals surface area contributed by atoms with Gasteiger partial charge in [-0.2, -0.15) is 0 Å². The van der Waals surface area contributed by atoms with Crippen molar-refractivity contribution in [1.82, 2.24) is 4.90 Å². The number of allylic oxidation sites excluding steroid dienone is 2. The monoisotopic (exact) mass is 451 g/mol. The van der Waals surface area contributed by atoms with Crippen molar-refractivity contribution in [1.29, 1.82) is 0 Å². The third kappa shape index (κ3) is 5.12. The highest BCUT2D eigenvalue weighted by molar-refractivity contribution is 5.87. The van der Waals surface area contributed by atoms with Gasteiger partial charge in [0.05, 0.1) is 20.1 Å². The Labute approximate surface area is 200 Å². The molecule has 1 unspecified atom stereocenters. The van der Waals surface area contributed by atoms with E-state index in [1.165, 1.54) is 5.57 Å². The van der Waals surface area contributed by atoms with Crippen LogP contribution in [0, 0.1) is 11.3 Å². The van der Waals surface area contributed by atoms with Crippen LogP contribution < -0.4 is 0 Å². The second kappa shape index (κ2) is 9.38. The maximum atomic E-state index is 13.8. The minimum Gasteiger partial charge on any atom is -0.375 e. The molecule has 0 aromatic heterocycles. The maximum Gasteiger partial charge on any atom is 0.259 e. The number of hydrogen-bond donors (Lipinski definition) is 1. The summed E-state index contributed by atoms with van der Waals surface area (Å²) >= 11 is 0. The van der Waals surface area contributed by atoms with Crippen molar-refractivity contribution in [2.24, 2.45) is 11.3 Å². The Morgan fingerprint density at radius 1 is 1.09 bits per heavy atom. The summed E-state index contributed by atoms with van der Waals surface area (Å²) in [6, 6.07) is 10.2. The van der Waals surface area contributed by atoms with Crippen LogP contribution in [0.4, 0.5) is 0 Å². The number of aliphatic hydroxyl groups is 1. The molecule has 2 fully saturated rings. The second-order valence-corrected chi connectivity index (χ2v) is 11.9. The fourth-order valence-electron chi connectivity index (χ4n) is 6.16. The number of piperidine rings is 1. The predicted octanol–water partition coefficient (Wildman–Crippen LogP) is 5.04. The number of likely N-dealkylation sites (tertiary alicyclic amines) is 1. The number of nitrogens with zero attached hydrogens (tertiary/aromatic N) is 2. The highest BCUT2D eigenvalue weighted by Crippen LogP contribution is 2.42. The number of amides is 1. The van der Waals surface area contributed by atoms with Gasteiger partial charge in [0, 0.05) is 37.4 Å². The lowest BCUT2D eigenvalue weighted by atomic mass is 9.78. The topological polar surface area (TPSA) is 40.5 Å². The fourth-order valence-corrected chi connectivity index (χ4v) is 6.16. The average Bonchev–Trinajstić information content (AvgIpc) is 3.36. The Morgan fingerprint density at radius 2 is 1.73 bits per heavy atom. The van der Waals surface area contributed by atoms with Gasteiger partial charge in [-0.1, -0.05) is 75.2 Å². The lowest BCUT2D eigenvalue weighted by Crippen LogP contribution is -2.58. The molecule has 1 aliphatic heterocycles. The smallest absolute Gasteiger partial charge is 0.259 e. The minimum atomic E-state index is -1.39. The van der Waals surface area contributed by atoms with Gasteiger partial charge >= 0.3 is 0 Å². The molecular weight excluding hydrogens is 408 g/mol. The standard InChI is InChI=1S/C29H43N2O2/c1-28(2)18-14-23(15-19-28)22-31(3,4)26-16-20-30(21-17-26)27(32)29(33,25-12-8-9-13-25)24-10-6-5-7-11-24/h5-7,10-11,14-15,18,25-26,33H,8-9,12-13,16-17,19-22H2,1-4H3/q+1. The molecule has 0 radical (unpaired) electrons. The van der Waals surface area contributed by atoms with E-state index in [2.05, 4.69) is 46.2 Å². The molecule has 1 heterocycles. The van der Waals surface area contributed by atoms with Crippen molar-refractivity contribution >= 4 is 5.91 Å². The van der Waals surface area contributed by atoms with Crippen LogP contribution in [0.5, 0.6) is 0 Å². The average molecular weight is 452 g/mol. The van der Waals surface area contributed by atoms with E-state index in [4.69, 9.17) is 0 Å². The zero-order valence-corrected chi connectivity index (χ0v) is 21.1. The first-order chi connectivity index (χ1) is 15.6. The van der Waals surface area contributed by atoms with Crippen LogP contribution >= 0.6 is 0 Å². The molecule has 1 atom stereocenters. The summed E-state index contributed by atoms with van der Waals surface area (Å²) in [6.07, 6.45) is 14.2. The van der Waals surface area contributed by atoms with Crippen LogP contribution in [0.1, 0.15) is 64.4 Å². The molecule has 1 saturated carbocycles. The van der Waals surface area contributed by atoms with Gasteiger partial charge in [0.2, 0.25) is 0 Å². The fraction of sp³-hybridized carbons (Fsp3) is 0.621. The summed E-state index contributed by atoms with van der Waals surface area (Å²) in [5.41, 5.74) is 1.07. The first-order valence-electron chi connectivity index (χ1n) is 12.9. The SMILES string of the molecule is CC1(C)C=CC(C[N+](C)(C)C2CCN(C(=O)C(O)(c3ccccc3)C3CCCC3)CC2)=CC1. The van der Waals surface area contributed by atoms with E-state index in [1.807, 2.05) is 35.2 Å². The lowest BCUT2D eigenvalue weighted by Gasteiger charge is -2.45. The molecule has 0 spiro atoms. The number of hydrogen-bond acceptors (Lipinski definition) is 2. The van der Waals surface area contributed by atoms with E-state index < -0.39 is 5.60 Å². The van der Waals surface area contributed by atoms with Gasteiger partial charge in [0.1, 0.15) is 6.54 Å². The molecule has 1 amide bonds. The van der Waals surface area contributed by atoms with Crippen LogP contribution in [0.2, 0.25) is 0 Å². The summed E-state index contributed by atoms with van der Waals surface area (Å²) in [4.78, 5) is 15.7. The molecule has 180 valence electrons. The first-order valence-corrected chi connectivity index (χ1v) is 12.9. The van der Waals surface area contributed by atoms with E-state index in [0.29, 0.717) is 6.04 Å². The number of carbonyl (C=O) groups excluding carboxylic acids is 1. The summed E-state index contributed by atoms with van der Waals surface area (Å²) in [7, 11) is 4.66. The molecule has 2 aliphatic carbocycles. The van der Waals surface area contributed by atoms with E-state index in [9.17, 15) is 9.90 Å². The molecule has 33 heavy (non-hydrogen) atoms. The van der Waals surface area contributed by atoms with E-state index in [1.54, 1.807) is 0 Å². The molecule has 1 N–H and O–H groups in total. The maximum absolute atomic E-state index is 13.8. The van der Waals surface area contributed by atoms with Crippen molar-refractivity contribution < 1.29 is 14.4 Å². The number of likely N-dealkylation sites (N-methyl/N-ethyl adjacent to an activating group) is 1. The summed E-state index contributed by atoms with van der Waals surface area (Å²) < 4.78 is 0.949. The molecule has 1 aromatic rings. The zero-order valence-electron chi connectivity index (χ0n) is 21.1. The molecule has 0 bridgehead atoms. The minimum absolute atomic E-state index is 0.0200. The van der Waals surface area contributed by atoms with Crippen LogP contribution in [0.15, 0.2) is 54.1 Å². The van der Waals surface area contributed by atoms with E-state index in [-0.39, 0.29) is 17.2 Å². The van der Waals surface area contributed by atoms with Crippen LogP contribution in [0.3, 0.4) is 0 Å². The Kier molecular flexibility index (Phi) is 6.89. The van der Waals surface area contributed by atoms with Gasteiger partial charge in [-0.05, 0) is 30.2 Å². The Morgan fingerprint density at radius 3 is 2.30 bits per heavy atom. The molecular formula is C29H43N2O2+. The van der Waals surface area contributed by atoms with Crippen molar-refractivity contribution in [3.05, 3.63) is 59.7 Å². The number of benzene rings is 1.